The van der Waals surface area contributed by atoms with Crippen LogP contribution in [0.15, 0.2) is 21.3 Å². The van der Waals surface area contributed by atoms with Crippen molar-refractivity contribution in [3.05, 3.63) is 23.8 Å². The molecule has 90 valence electrons. The van der Waals surface area contributed by atoms with Gasteiger partial charge in [-0.25, -0.2) is 8.78 Å². The van der Waals surface area contributed by atoms with E-state index in [0.29, 0.717) is 5.76 Å². The van der Waals surface area contributed by atoms with Crippen LogP contribution in [-0.2, 0) is 11.2 Å². The van der Waals surface area contributed by atoms with E-state index in [1.165, 1.54) is 6.26 Å². The standard InChI is InChI=1S/C10H8F2N2O3/c1-5-2-3-16-8(5)10-13-7(17-14-10)4-6(15)9(11)12/h2-3,9H,4H2,1H3. The van der Waals surface area contributed by atoms with Gasteiger partial charge >= 0.3 is 0 Å². The Balaban J connectivity index is 2.17. The number of aryl methyl sites for hydroxylation is 1. The third-order valence-electron chi connectivity index (χ3n) is 2.10. The molecule has 0 aromatic carbocycles. The molecule has 0 fully saturated rings. The molecule has 2 rings (SSSR count). The zero-order valence-corrected chi connectivity index (χ0v) is 8.81. The molecule has 0 amide bonds. The van der Waals surface area contributed by atoms with E-state index in [-0.39, 0.29) is 11.7 Å². The van der Waals surface area contributed by atoms with Crippen molar-refractivity contribution in [3.63, 3.8) is 0 Å². The molecular weight excluding hydrogens is 234 g/mol. The van der Waals surface area contributed by atoms with Crippen LogP contribution >= 0.6 is 0 Å². The fourth-order valence-electron chi connectivity index (χ4n) is 1.25. The number of carbonyl (C=O) groups is 1. The largest absolute Gasteiger partial charge is 0.461 e. The molecular formula is C10H8F2N2O3. The first kappa shape index (κ1) is 11.4. The van der Waals surface area contributed by atoms with E-state index in [2.05, 4.69) is 14.7 Å². The summed E-state index contributed by atoms with van der Waals surface area (Å²) < 4.78 is 33.8. The molecule has 0 unspecified atom stereocenters. The number of rotatable bonds is 4. The quantitative estimate of drug-likeness (QED) is 0.820. The number of carbonyl (C=O) groups excluding carboxylic acids is 1. The van der Waals surface area contributed by atoms with Gasteiger partial charge in [0.1, 0.15) is 0 Å². The molecule has 2 heterocycles. The summed E-state index contributed by atoms with van der Waals surface area (Å²) in [6.45, 7) is 1.78. The molecule has 0 radical (unpaired) electrons. The normalized spacial score (nSPS) is 11.1. The second-order valence-electron chi connectivity index (χ2n) is 3.39. The van der Waals surface area contributed by atoms with Gasteiger partial charge in [-0.3, -0.25) is 4.79 Å². The van der Waals surface area contributed by atoms with E-state index in [0.717, 1.165) is 5.56 Å². The van der Waals surface area contributed by atoms with Gasteiger partial charge in [0.2, 0.25) is 17.5 Å². The lowest BCUT2D eigenvalue weighted by Crippen LogP contribution is -2.12. The van der Waals surface area contributed by atoms with Crippen molar-refractivity contribution >= 4 is 5.78 Å². The highest BCUT2D eigenvalue weighted by molar-refractivity contribution is 5.82. The number of Topliss-reactive ketones (excluding diaryl/α,β-unsaturated/α-hetero) is 1. The Hall–Kier alpha value is -2.05. The zero-order chi connectivity index (χ0) is 12.4. The van der Waals surface area contributed by atoms with E-state index in [9.17, 15) is 13.6 Å². The van der Waals surface area contributed by atoms with Gasteiger partial charge in [-0.1, -0.05) is 5.16 Å². The molecule has 2 aromatic rings. The van der Waals surface area contributed by atoms with E-state index < -0.39 is 18.6 Å². The zero-order valence-electron chi connectivity index (χ0n) is 8.81. The lowest BCUT2D eigenvalue weighted by Gasteiger charge is -1.92. The number of alkyl halides is 2. The van der Waals surface area contributed by atoms with Crippen LogP contribution in [-0.4, -0.2) is 22.3 Å². The summed E-state index contributed by atoms with van der Waals surface area (Å²) in [6.07, 6.45) is -2.16. The Kier molecular flexibility index (Phi) is 2.99. The van der Waals surface area contributed by atoms with E-state index in [1.807, 2.05) is 0 Å². The molecule has 0 saturated carbocycles. The minimum atomic E-state index is -3.03. The highest BCUT2D eigenvalue weighted by Gasteiger charge is 2.20. The molecule has 0 N–H and O–H groups in total. The molecule has 0 aliphatic heterocycles. The second-order valence-corrected chi connectivity index (χ2v) is 3.39. The summed E-state index contributed by atoms with van der Waals surface area (Å²) in [7, 11) is 0. The SMILES string of the molecule is Cc1ccoc1-c1noc(CC(=O)C(F)F)n1. The molecule has 0 bridgehead atoms. The van der Waals surface area contributed by atoms with Gasteiger partial charge in [0, 0.05) is 0 Å². The summed E-state index contributed by atoms with van der Waals surface area (Å²) in [4.78, 5) is 14.6. The Bertz CT molecular complexity index is 533. The maximum atomic E-state index is 12.0. The van der Waals surface area contributed by atoms with Crippen molar-refractivity contribution in [2.24, 2.45) is 0 Å². The summed E-state index contributed by atoms with van der Waals surface area (Å²) in [5, 5.41) is 3.55. The van der Waals surface area contributed by atoms with E-state index in [1.54, 1.807) is 13.0 Å². The van der Waals surface area contributed by atoms with Crippen molar-refractivity contribution < 1.29 is 22.5 Å². The predicted molar refractivity (Wildman–Crippen MR) is 51.5 cm³/mol. The predicted octanol–water partition coefficient (Wildman–Crippen LogP) is 2.01. The van der Waals surface area contributed by atoms with Crippen LogP contribution in [0.2, 0.25) is 0 Å². The average molecular weight is 242 g/mol. The summed E-state index contributed by atoms with van der Waals surface area (Å²) >= 11 is 0. The van der Waals surface area contributed by atoms with Gasteiger partial charge in [0.15, 0.2) is 5.76 Å². The Morgan fingerprint density at radius 1 is 1.53 bits per heavy atom. The van der Waals surface area contributed by atoms with Crippen molar-refractivity contribution in [2.75, 3.05) is 0 Å². The lowest BCUT2D eigenvalue weighted by atomic mass is 10.2. The number of ketones is 1. The summed E-state index contributed by atoms with van der Waals surface area (Å²) in [5.41, 5.74) is 0.789. The van der Waals surface area contributed by atoms with Crippen molar-refractivity contribution in [3.8, 4) is 11.6 Å². The summed E-state index contributed by atoms with van der Waals surface area (Å²) in [6, 6.07) is 1.70. The summed E-state index contributed by atoms with van der Waals surface area (Å²) in [5.74, 6) is -0.869. The van der Waals surface area contributed by atoms with Crippen molar-refractivity contribution in [1.29, 1.82) is 0 Å². The number of hydrogen-bond acceptors (Lipinski definition) is 5. The highest BCUT2D eigenvalue weighted by atomic mass is 19.3. The van der Waals surface area contributed by atoms with Gasteiger partial charge in [0.05, 0.1) is 12.7 Å². The van der Waals surface area contributed by atoms with Crippen molar-refractivity contribution in [1.82, 2.24) is 10.1 Å². The number of furan rings is 1. The van der Waals surface area contributed by atoms with E-state index in [4.69, 9.17) is 4.42 Å². The molecule has 2 aromatic heterocycles. The number of nitrogens with zero attached hydrogens (tertiary/aromatic N) is 2. The van der Waals surface area contributed by atoms with Gasteiger partial charge in [-0.2, -0.15) is 4.98 Å². The van der Waals surface area contributed by atoms with Crippen molar-refractivity contribution in [2.45, 2.75) is 19.8 Å². The molecule has 0 aliphatic carbocycles. The first-order valence-corrected chi connectivity index (χ1v) is 4.76. The first-order valence-electron chi connectivity index (χ1n) is 4.76. The highest BCUT2D eigenvalue weighted by Crippen LogP contribution is 2.21. The fraction of sp³-hybridized carbons (Fsp3) is 0.300. The molecule has 0 saturated heterocycles. The van der Waals surface area contributed by atoms with Gasteiger partial charge in [-0.05, 0) is 18.6 Å². The minimum absolute atomic E-state index is 0.143. The average Bonchev–Trinajstić information content (AvgIpc) is 2.86. The van der Waals surface area contributed by atoms with E-state index >= 15 is 0 Å². The van der Waals surface area contributed by atoms with Crippen LogP contribution in [0, 0.1) is 6.92 Å². The Labute approximate surface area is 94.4 Å². The third-order valence-corrected chi connectivity index (χ3v) is 2.10. The Morgan fingerprint density at radius 3 is 2.88 bits per heavy atom. The molecule has 0 aliphatic rings. The maximum Gasteiger partial charge on any atom is 0.296 e. The van der Waals surface area contributed by atoms with Gasteiger partial charge in [0.25, 0.3) is 6.43 Å². The van der Waals surface area contributed by atoms with Gasteiger partial charge in [-0.15, -0.1) is 0 Å². The smallest absolute Gasteiger partial charge is 0.296 e. The molecule has 0 atom stereocenters. The fourth-order valence-corrected chi connectivity index (χ4v) is 1.25. The monoisotopic (exact) mass is 242 g/mol. The maximum absolute atomic E-state index is 12.0. The van der Waals surface area contributed by atoms with Crippen LogP contribution in [0.5, 0.6) is 0 Å². The minimum Gasteiger partial charge on any atom is -0.461 e. The number of halogens is 2. The topological polar surface area (TPSA) is 69.1 Å². The number of aromatic nitrogens is 2. The molecule has 5 nitrogen and oxygen atoms in total. The number of hydrogen-bond donors (Lipinski definition) is 0. The Morgan fingerprint density at radius 2 is 2.29 bits per heavy atom. The van der Waals surface area contributed by atoms with Crippen LogP contribution in [0.3, 0.4) is 0 Å². The lowest BCUT2D eigenvalue weighted by molar-refractivity contribution is -0.129. The first-order chi connectivity index (χ1) is 8.08. The third kappa shape index (κ3) is 2.38. The molecule has 17 heavy (non-hydrogen) atoms. The van der Waals surface area contributed by atoms with Crippen LogP contribution in [0.1, 0.15) is 11.5 Å². The second kappa shape index (κ2) is 4.44. The van der Waals surface area contributed by atoms with Gasteiger partial charge < -0.3 is 8.94 Å². The van der Waals surface area contributed by atoms with Crippen LogP contribution in [0.25, 0.3) is 11.6 Å². The molecule has 0 spiro atoms. The van der Waals surface area contributed by atoms with Crippen LogP contribution in [0.4, 0.5) is 8.78 Å². The molecule has 7 heteroatoms. The van der Waals surface area contributed by atoms with Crippen LogP contribution < -0.4 is 0 Å².